The van der Waals surface area contributed by atoms with Crippen molar-refractivity contribution in [2.45, 2.75) is 33.2 Å². The Morgan fingerprint density at radius 2 is 1.90 bits per heavy atom. The molecule has 0 radical (unpaired) electrons. The van der Waals surface area contributed by atoms with Crippen LogP contribution in [0.4, 0.5) is 0 Å². The number of nitrogens with two attached hydrogens (primary N) is 1. The van der Waals surface area contributed by atoms with E-state index in [1.807, 2.05) is 38.1 Å². The lowest BCUT2D eigenvalue weighted by atomic mass is 9.80. The van der Waals surface area contributed by atoms with Crippen LogP contribution in [0.3, 0.4) is 0 Å². The van der Waals surface area contributed by atoms with Gasteiger partial charge < -0.3 is 16.3 Å². The third-order valence-corrected chi connectivity index (χ3v) is 4.13. The molecule has 0 saturated heterocycles. The van der Waals surface area contributed by atoms with Gasteiger partial charge in [-0.2, -0.15) is 0 Å². The number of halogens is 1. The molecule has 0 aliphatic rings. The average Bonchev–Trinajstić information content (AvgIpc) is 2.48. The molecule has 0 bridgehead atoms. The van der Waals surface area contributed by atoms with Crippen molar-refractivity contribution in [1.29, 1.82) is 0 Å². The number of carbonyl (C=O) groups is 1. The molecule has 5 nitrogen and oxygen atoms in total. The maximum Gasteiger partial charge on any atom is 0.234 e. The first-order valence-corrected chi connectivity index (χ1v) is 7.30. The van der Waals surface area contributed by atoms with E-state index in [1.54, 1.807) is 0 Å². The average molecular weight is 342 g/mol. The predicted molar refractivity (Wildman–Crippen MR) is 82.4 cm³/mol. The minimum Gasteiger partial charge on any atom is -0.409 e. The lowest BCUT2D eigenvalue weighted by Gasteiger charge is -2.28. The molecule has 0 fully saturated rings. The molecular formula is C14H20BrN3O2. The summed E-state index contributed by atoms with van der Waals surface area (Å²) < 4.78 is 0.987. The molecule has 0 unspecified atom stereocenters. The van der Waals surface area contributed by atoms with Crippen LogP contribution in [0.25, 0.3) is 0 Å². The van der Waals surface area contributed by atoms with E-state index >= 15 is 0 Å². The van der Waals surface area contributed by atoms with Crippen molar-refractivity contribution in [1.82, 2.24) is 5.32 Å². The highest BCUT2D eigenvalue weighted by molar-refractivity contribution is 9.10. The zero-order valence-corrected chi connectivity index (χ0v) is 13.3. The first-order chi connectivity index (χ1) is 9.50. The van der Waals surface area contributed by atoms with Crippen LogP contribution in [0.15, 0.2) is 33.9 Å². The lowest BCUT2D eigenvalue weighted by molar-refractivity contribution is -0.128. The fourth-order valence-electron chi connectivity index (χ4n) is 2.10. The van der Waals surface area contributed by atoms with Crippen LogP contribution in [0.1, 0.15) is 32.3 Å². The van der Waals surface area contributed by atoms with Crippen LogP contribution in [-0.4, -0.2) is 17.0 Å². The summed E-state index contributed by atoms with van der Waals surface area (Å²) in [7, 11) is 0. The van der Waals surface area contributed by atoms with E-state index in [-0.39, 0.29) is 11.7 Å². The number of rotatable bonds is 6. The highest BCUT2D eigenvalue weighted by Gasteiger charge is 2.39. The molecule has 110 valence electrons. The van der Waals surface area contributed by atoms with Crippen molar-refractivity contribution < 1.29 is 10.0 Å². The zero-order valence-electron chi connectivity index (χ0n) is 11.7. The SMILES string of the molecule is CCC(CC)(C(=O)NCc1ccc(Br)cc1)C(N)=NO. The zero-order chi connectivity index (χ0) is 15.2. The van der Waals surface area contributed by atoms with Crippen LogP contribution in [0, 0.1) is 5.41 Å². The van der Waals surface area contributed by atoms with Crippen LogP contribution < -0.4 is 11.1 Å². The molecule has 0 saturated carbocycles. The second kappa shape index (κ2) is 7.28. The first kappa shape index (κ1) is 16.5. The van der Waals surface area contributed by atoms with E-state index in [1.165, 1.54) is 0 Å². The summed E-state index contributed by atoms with van der Waals surface area (Å²) in [5.74, 6) is -0.267. The Labute approximate surface area is 127 Å². The molecule has 0 aliphatic heterocycles. The van der Waals surface area contributed by atoms with Crippen molar-refractivity contribution in [3.8, 4) is 0 Å². The maximum absolute atomic E-state index is 12.4. The standard InChI is InChI=1S/C14H20BrN3O2/c1-3-14(4-2,12(16)18-20)13(19)17-9-10-5-7-11(15)8-6-10/h5-8,20H,3-4,9H2,1-2H3,(H2,16,18)(H,17,19). The second-order valence-corrected chi connectivity index (χ2v) is 5.50. The Morgan fingerprint density at radius 1 is 1.35 bits per heavy atom. The lowest BCUT2D eigenvalue weighted by Crippen LogP contribution is -2.49. The van der Waals surface area contributed by atoms with E-state index < -0.39 is 5.41 Å². The number of oxime groups is 1. The quantitative estimate of drug-likeness (QED) is 0.321. The van der Waals surface area contributed by atoms with Gasteiger partial charge in [-0.3, -0.25) is 4.79 Å². The van der Waals surface area contributed by atoms with Crippen molar-refractivity contribution in [3.05, 3.63) is 34.3 Å². The highest BCUT2D eigenvalue weighted by atomic mass is 79.9. The third-order valence-electron chi connectivity index (χ3n) is 3.61. The van der Waals surface area contributed by atoms with Gasteiger partial charge in [-0.25, -0.2) is 0 Å². The van der Waals surface area contributed by atoms with Crippen LogP contribution in [-0.2, 0) is 11.3 Å². The fraction of sp³-hybridized carbons (Fsp3) is 0.429. The van der Waals surface area contributed by atoms with Crippen LogP contribution in [0.2, 0.25) is 0 Å². The number of amidine groups is 1. The summed E-state index contributed by atoms with van der Waals surface area (Å²) in [6.07, 6.45) is 0.955. The molecule has 1 amide bonds. The van der Waals surface area contributed by atoms with Gasteiger partial charge in [-0.05, 0) is 30.5 Å². The number of benzene rings is 1. The molecule has 20 heavy (non-hydrogen) atoms. The third kappa shape index (κ3) is 3.50. The van der Waals surface area contributed by atoms with Gasteiger partial charge in [0.15, 0.2) is 5.84 Å². The molecule has 0 spiro atoms. The van der Waals surface area contributed by atoms with Crippen LogP contribution >= 0.6 is 15.9 Å². The first-order valence-electron chi connectivity index (χ1n) is 6.51. The second-order valence-electron chi connectivity index (χ2n) is 4.58. The summed E-state index contributed by atoms with van der Waals surface area (Å²) in [6, 6.07) is 7.68. The van der Waals surface area contributed by atoms with Crippen molar-refractivity contribution in [3.63, 3.8) is 0 Å². The van der Waals surface area contributed by atoms with Gasteiger partial charge in [0.2, 0.25) is 5.91 Å². The smallest absolute Gasteiger partial charge is 0.234 e. The molecule has 1 rings (SSSR count). The summed E-state index contributed by atoms with van der Waals surface area (Å²) in [6.45, 7) is 4.11. The highest BCUT2D eigenvalue weighted by Crippen LogP contribution is 2.27. The molecule has 4 N–H and O–H groups in total. The molecule has 0 aromatic heterocycles. The predicted octanol–water partition coefficient (Wildman–Crippen LogP) is 2.62. The maximum atomic E-state index is 12.4. The Morgan fingerprint density at radius 3 is 2.35 bits per heavy atom. The van der Waals surface area contributed by atoms with E-state index in [9.17, 15) is 4.79 Å². The Hall–Kier alpha value is -1.56. The van der Waals surface area contributed by atoms with Crippen LogP contribution in [0.5, 0.6) is 0 Å². The van der Waals surface area contributed by atoms with E-state index in [0.29, 0.717) is 19.4 Å². The minimum absolute atomic E-state index is 0.0455. The van der Waals surface area contributed by atoms with Gasteiger partial charge in [0.05, 0.1) is 0 Å². The molecule has 6 heteroatoms. The van der Waals surface area contributed by atoms with Gasteiger partial charge in [0, 0.05) is 11.0 Å². The van der Waals surface area contributed by atoms with E-state index in [0.717, 1.165) is 10.0 Å². The summed E-state index contributed by atoms with van der Waals surface area (Å²) in [5.41, 5.74) is 5.73. The summed E-state index contributed by atoms with van der Waals surface area (Å²) in [4.78, 5) is 12.4. The van der Waals surface area contributed by atoms with Crippen molar-refractivity contribution >= 4 is 27.7 Å². The molecule has 0 heterocycles. The van der Waals surface area contributed by atoms with Crippen molar-refractivity contribution in [2.24, 2.45) is 16.3 Å². The fourth-order valence-corrected chi connectivity index (χ4v) is 2.36. The normalized spacial score (nSPS) is 12.2. The number of hydrogen-bond acceptors (Lipinski definition) is 3. The molecule has 1 aromatic carbocycles. The van der Waals surface area contributed by atoms with Crippen molar-refractivity contribution in [2.75, 3.05) is 0 Å². The van der Waals surface area contributed by atoms with Gasteiger partial charge in [0.25, 0.3) is 0 Å². The van der Waals surface area contributed by atoms with E-state index in [2.05, 4.69) is 26.4 Å². The summed E-state index contributed by atoms with van der Waals surface area (Å²) in [5, 5.41) is 14.7. The molecule has 1 aromatic rings. The largest absolute Gasteiger partial charge is 0.409 e. The number of nitrogens with zero attached hydrogens (tertiary/aromatic N) is 1. The molecular weight excluding hydrogens is 322 g/mol. The molecule has 0 atom stereocenters. The number of hydrogen-bond donors (Lipinski definition) is 3. The Balaban J connectivity index is 2.80. The van der Waals surface area contributed by atoms with E-state index in [4.69, 9.17) is 10.9 Å². The van der Waals surface area contributed by atoms with Gasteiger partial charge in [0.1, 0.15) is 5.41 Å². The number of nitrogens with one attached hydrogen (secondary N) is 1. The Kier molecular flexibility index (Phi) is 6.01. The molecule has 0 aliphatic carbocycles. The topological polar surface area (TPSA) is 87.7 Å². The number of amides is 1. The Bertz CT molecular complexity index is 482. The number of carbonyl (C=O) groups excluding carboxylic acids is 1. The monoisotopic (exact) mass is 341 g/mol. The van der Waals surface area contributed by atoms with Gasteiger partial charge in [-0.15, -0.1) is 0 Å². The summed E-state index contributed by atoms with van der Waals surface area (Å²) >= 11 is 3.36. The van der Waals surface area contributed by atoms with Gasteiger partial charge in [-0.1, -0.05) is 47.1 Å². The minimum atomic E-state index is -0.954. The van der Waals surface area contributed by atoms with Gasteiger partial charge >= 0.3 is 0 Å².